The maximum atomic E-state index is 6.04. The van der Waals surface area contributed by atoms with E-state index in [0.717, 1.165) is 26.0 Å². The molecule has 2 N–H and O–H groups in total. The molecule has 96 valence electrons. The Morgan fingerprint density at radius 2 is 2.11 bits per heavy atom. The van der Waals surface area contributed by atoms with Crippen molar-refractivity contribution in [3.63, 3.8) is 0 Å². The molecule has 0 bridgehead atoms. The number of fused-ring (bicyclic) bond motifs is 1. The van der Waals surface area contributed by atoms with E-state index in [1.165, 1.54) is 0 Å². The van der Waals surface area contributed by atoms with Crippen molar-refractivity contribution in [1.82, 2.24) is 14.5 Å². The van der Waals surface area contributed by atoms with Crippen LogP contribution in [0.3, 0.4) is 0 Å². The van der Waals surface area contributed by atoms with Crippen LogP contribution in [0.1, 0.15) is 5.56 Å². The van der Waals surface area contributed by atoms with Gasteiger partial charge in [0.25, 0.3) is 0 Å². The first-order chi connectivity index (χ1) is 9.08. The Hall–Kier alpha value is -1.34. The number of hydrogen-bond donors (Lipinski definition) is 1. The molecule has 2 aromatic heterocycles. The smallest absolute Gasteiger partial charge is 0.207 e. The van der Waals surface area contributed by atoms with Gasteiger partial charge >= 0.3 is 0 Å². The van der Waals surface area contributed by atoms with E-state index in [1.54, 1.807) is 6.20 Å². The van der Waals surface area contributed by atoms with E-state index >= 15 is 0 Å². The molecule has 19 heavy (non-hydrogen) atoms. The highest BCUT2D eigenvalue weighted by atomic mass is 127. The average molecular weight is 385 g/mol. The van der Waals surface area contributed by atoms with Crippen LogP contribution in [-0.4, -0.2) is 14.5 Å². The fourth-order valence-electron chi connectivity index (χ4n) is 2.01. The Kier molecular flexibility index (Phi) is 3.10. The van der Waals surface area contributed by atoms with Crippen LogP contribution in [0.5, 0.6) is 0 Å². The number of anilines is 1. The molecular weight excluding hydrogens is 375 g/mol. The molecular formula is C13H10ClIN4. The normalized spacial score (nSPS) is 11.1. The van der Waals surface area contributed by atoms with Gasteiger partial charge in [0.05, 0.1) is 5.69 Å². The zero-order valence-corrected chi connectivity index (χ0v) is 13.0. The molecule has 0 atom stereocenters. The van der Waals surface area contributed by atoms with Crippen molar-refractivity contribution in [1.29, 1.82) is 0 Å². The van der Waals surface area contributed by atoms with Crippen molar-refractivity contribution in [3.8, 4) is 5.69 Å². The summed E-state index contributed by atoms with van der Waals surface area (Å²) in [6.07, 6.45) is 1.76. The zero-order valence-electron chi connectivity index (χ0n) is 10.1. The van der Waals surface area contributed by atoms with Gasteiger partial charge in [0.15, 0.2) is 5.65 Å². The maximum absolute atomic E-state index is 6.04. The monoisotopic (exact) mass is 384 g/mol. The topological polar surface area (TPSA) is 56.7 Å². The van der Waals surface area contributed by atoms with Gasteiger partial charge in [0.2, 0.25) is 5.95 Å². The number of nitrogen functional groups attached to an aromatic ring is 1. The van der Waals surface area contributed by atoms with Gasteiger partial charge in [-0.1, -0.05) is 11.6 Å². The molecule has 0 aliphatic carbocycles. The first-order valence-corrected chi connectivity index (χ1v) is 7.08. The minimum Gasteiger partial charge on any atom is -0.369 e. The third kappa shape index (κ3) is 2.06. The lowest BCUT2D eigenvalue weighted by Gasteiger charge is -2.08. The molecule has 0 amide bonds. The standard InChI is InChI=1S/C13H10ClIN4/c1-7-4-5-17-12-11(7)18-13(16)19(12)10-3-2-8(14)6-9(10)15/h2-6H,1H3,(H2,16,18). The lowest BCUT2D eigenvalue weighted by atomic mass is 10.2. The molecule has 0 aliphatic heterocycles. The van der Waals surface area contributed by atoms with Gasteiger partial charge in [0.1, 0.15) is 5.52 Å². The molecule has 0 fully saturated rings. The quantitative estimate of drug-likeness (QED) is 0.653. The summed E-state index contributed by atoms with van der Waals surface area (Å²) in [6, 6.07) is 7.57. The number of benzene rings is 1. The van der Waals surface area contributed by atoms with Crippen LogP contribution in [0, 0.1) is 10.5 Å². The van der Waals surface area contributed by atoms with Gasteiger partial charge in [-0.15, -0.1) is 0 Å². The number of nitrogens with two attached hydrogens (primary N) is 1. The van der Waals surface area contributed by atoms with E-state index in [0.29, 0.717) is 11.0 Å². The number of aryl methyl sites for hydroxylation is 1. The van der Waals surface area contributed by atoms with Crippen LogP contribution in [0.2, 0.25) is 5.02 Å². The van der Waals surface area contributed by atoms with Crippen molar-refractivity contribution in [2.24, 2.45) is 0 Å². The summed E-state index contributed by atoms with van der Waals surface area (Å²) in [5.41, 5.74) is 9.61. The van der Waals surface area contributed by atoms with Crippen LogP contribution in [0.15, 0.2) is 30.5 Å². The number of nitrogens with zero attached hydrogens (tertiary/aromatic N) is 3. The minimum atomic E-state index is 0.428. The largest absolute Gasteiger partial charge is 0.369 e. The highest BCUT2D eigenvalue weighted by Crippen LogP contribution is 2.28. The van der Waals surface area contributed by atoms with E-state index in [9.17, 15) is 0 Å². The summed E-state index contributed by atoms with van der Waals surface area (Å²) in [5.74, 6) is 0.428. The Bertz CT molecular complexity index is 782. The molecule has 0 saturated heterocycles. The van der Waals surface area contributed by atoms with Gasteiger partial charge < -0.3 is 5.73 Å². The number of rotatable bonds is 1. The Morgan fingerprint density at radius 3 is 2.84 bits per heavy atom. The fraction of sp³-hybridized carbons (Fsp3) is 0.0769. The Balaban J connectivity index is 2.36. The van der Waals surface area contributed by atoms with Crippen molar-refractivity contribution in [3.05, 3.63) is 44.6 Å². The second-order valence-corrected chi connectivity index (χ2v) is 5.80. The van der Waals surface area contributed by atoms with Crippen molar-refractivity contribution >= 4 is 51.3 Å². The second kappa shape index (κ2) is 4.64. The Morgan fingerprint density at radius 1 is 1.32 bits per heavy atom. The highest BCUT2D eigenvalue weighted by molar-refractivity contribution is 14.1. The van der Waals surface area contributed by atoms with Crippen LogP contribution in [-0.2, 0) is 0 Å². The van der Waals surface area contributed by atoms with E-state index in [4.69, 9.17) is 17.3 Å². The third-order valence-electron chi connectivity index (χ3n) is 2.92. The molecule has 0 radical (unpaired) electrons. The highest BCUT2D eigenvalue weighted by Gasteiger charge is 2.14. The van der Waals surface area contributed by atoms with E-state index in [1.807, 2.05) is 35.8 Å². The van der Waals surface area contributed by atoms with Crippen LogP contribution >= 0.6 is 34.2 Å². The lowest BCUT2D eigenvalue weighted by Crippen LogP contribution is -2.03. The predicted molar refractivity (Wildman–Crippen MR) is 85.7 cm³/mol. The van der Waals surface area contributed by atoms with E-state index in [-0.39, 0.29) is 0 Å². The fourth-order valence-corrected chi connectivity index (χ4v) is 3.12. The maximum Gasteiger partial charge on any atom is 0.207 e. The van der Waals surface area contributed by atoms with Gasteiger partial charge in [-0.3, -0.25) is 4.57 Å². The summed E-state index contributed by atoms with van der Waals surface area (Å²) < 4.78 is 2.85. The molecule has 0 spiro atoms. The summed E-state index contributed by atoms with van der Waals surface area (Å²) >= 11 is 8.21. The average Bonchev–Trinajstić information content (AvgIpc) is 2.68. The molecule has 6 heteroatoms. The second-order valence-electron chi connectivity index (χ2n) is 4.20. The summed E-state index contributed by atoms with van der Waals surface area (Å²) in [7, 11) is 0. The molecule has 1 aromatic carbocycles. The first-order valence-electron chi connectivity index (χ1n) is 5.63. The number of pyridine rings is 1. The van der Waals surface area contributed by atoms with Crippen LogP contribution < -0.4 is 5.73 Å². The number of hydrogen-bond acceptors (Lipinski definition) is 3. The Labute approximate surface area is 128 Å². The molecule has 0 saturated carbocycles. The molecule has 0 unspecified atom stereocenters. The SMILES string of the molecule is Cc1ccnc2c1nc(N)n2-c1ccc(Cl)cc1I. The van der Waals surface area contributed by atoms with Crippen LogP contribution in [0.25, 0.3) is 16.9 Å². The van der Waals surface area contributed by atoms with E-state index < -0.39 is 0 Å². The van der Waals surface area contributed by atoms with Crippen LogP contribution in [0.4, 0.5) is 5.95 Å². The summed E-state index contributed by atoms with van der Waals surface area (Å²) in [5, 5.41) is 0.695. The number of imidazole rings is 1. The predicted octanol–water partition coefficient (Wildman–Crippen LogP) is 3.57. The van der Waals surface area contributed by atoms with Crippen molar-refractivity contribution in [2.75, 3.05) is 5.73 Å². The first kappa shape index (κ1) is 12.7. The molecule has 3 aromatic rings. The molecule has 4 nitrogen and oxygen atoms in total. The zero-order chi connectivity index (χ0) is 13.6. The summed E-state index contributed by atoms with van der Waals surface area (Å²) in [4.78, 5) is 8.78. The van der Waals surface area contributed by atoms with Gasteiger partial charge in [-0.05, 0) is 59.3 Å². The minimum absolute atomic E-state index is 0.428. The summed E-state index contributed by atoms with van der Waals surface area (Å²) in [6.45, 7) is 1.99. The molecule has 0 aliphatic rings. The number of aromatic nitrogens is 3. The molecule has 2 heterocycles. The van der Waals surface area contributed by atoms with Gasteiger partial charge in [0, 0.05) is 14.8 Å². The van der Waals surface area contributed by atoms with Gasteiger partial charge in [-0.2, -0.15) is 0 Å². The number of halogens is 2. The lowest BCUT2D eigenvalue weighted by molar-refractivity contribution is 1.08. The van der Waals surface area contributed by atoms with Crippen molar-refractivity contribution in [2.45, 2.75) is 6.92 Å². The molecule has 3 rings (SSSR count). The van der Waals surface area contributed by atoms with Gasteiger partial charge in [-0.25, -0.2) is 9.97 Å². The third-order valence-corrected chi connectivity index (χ3v) is 4.02. The van der Waals surface area contributed by atoms with E-state index in [2.05, 4.69) is 32.6 Å². The van der Waals surface area contributed by atoms with Crippen molar-refractivity contribution < 1.29 is 0 Å².